The lowest BCUT2D eigenvalue weighted by atomic mass is 10.2. The summed E-state index contributed by atoms with van der Waals surface area (Å²) in [6, 6.07) is 7.60. The number of benzene rings is 1. The molecular formula is C17H18ClN3O2. The zero-order chi connectivity index (χ0) is 16.2. The van der Waals surface area contributed by atoms with Crippen LogP contribution in [0.25, 0.3) is 16.6 Å². The Hall–Kier alpha value is -1.95. The molecular weight excluding hydrogens is 314 g/mol. The molecule has 0 fully saturated rings. The second kappa shape index (κ2) is 7.08. The summed E-state index contributed by atoms with van der Waals surface area (Å²) in [5, 5.41) is 6.18. The summed E-state index contributed by atoms with van der Waals surface area (Å²) in [6.07, 6.45) is 3.58. The van der Waals surface area contributed by atoms with E-state index in [1.807, 2.05) is 42.1 Å². The predicted molar refractivity (Wildman–Crippen MR) is 89.9 cm³/mol. The van der Waals surface area contributed by atoms with Gasteiger partial charge in [0.05, 0.1) is 36.3 Å². The van der Waals surface area contributed by atoms with Gasteiger partial charge in [-0.1, -0.05) is 11.6 Å². The van der Waals surface area contributed by atoms with Crippen LogP contribution in [0.4, 0.5) is 0 Å². The molecule has 120 valence electrons. The number of ether oxygens (including phenoxy) is 2. The summed E-state index contributed by atoms with van der Waals surface area (Å²) in [4.78, 5) is 4.38. The van der Waals surface area contributed by atoms with Crippen LogP contribution in [0, 0.1) is 0 Å². The standard InChI is InChI=1S/C17H18ClN3O2/c1-3-23-10-12-9-20-21(17(12)11-22-2)16-6-7-19-15-8-13(18)4-5-14(15)16/h4-9H,3,10-11H2,1-2H3. The molecule has 0 spiro atoms. The Balaban J connectivity index is 2.13. The van der Waals surface area contributed by atoms with Crippen molar-refractivity contribution in [2.75, 3.05) is 13.7 Å². The molecule has 0 radical (unpaired) electrons. The molecule has 0 unspecified atom stereocenters. The zero-order valence-corrected chi connectivity index (χ0v) is 13.9. The van der Waals surface area contributed by atoms with E-state index in [4.69, 9.17) is 21.1 Å². The molecule has 0 aliphatic rings. The van der Waals surface area contributed by atoms with Gasteiger partial charge < -0.3 is 9.47 Å². The summed E-state index contributed by atoms with van der Waals surface area (Å²) < 4.78 is 12.8. The van der Waals surface area contributed by atoms with Crippen LogP contribution < -0.4 is 0 Å². The predicted octanol–water partition coefficient (Wildman–Crippen LogP) is 3.76. The van der Waals surface area contributed by atoms with E-state index < -0.39 is 0 Å². The number of methoxy groups -OCH3 is 1. The van der Waals surface area contributed by atoms with Crippen molar-refractivity contribution < 1.29 is 9.47 Å². The number of aromatic nitrogens is 3. The molecule has 0 N–H and O–H groups in total. The van der Waals surface area contributed by atoms with Crippen molar-refractivity contribution in [2.45, 2.75) is 20.1 Å². The van der Waals surface area contributed by atoms with Gasteiger partial charge in [-0.05, 0) is 31.2 Å². The maximum absolute atomic E-state index is 6.06. The molecule has 0 aliphatic heterocycles. The summed E-state index contributed by atoms with van der Waals surface area (Å²) in [6.45, 7) is 3.61. The Kier molecular flexibility index (Phi) is 4.91. The molecule has 0 amide bonds. The molecule has 6 heteroatoms. The van der Waals surface area contributed by atoms with Crippen molar-refractivity contribution in [3.8, 4) is 5.69 Å². The SMILES string of the molecule is CCOCc1cnn(-c2ccnc3cc(Cl)ccc23)c1COC. The van der Waals surface area contributed by atoms with E-state index in [1.54, 1.807) is 13.3 Å². The van der Waals surface area contributed by atoms with Crippen LogP contribution >= 0.6 is 11.6 Å². The first kappa shape index (κ1) is 15.9. The van der Waals surface area contributed by atoms with Crippen LogP contribution in [0.3, 0.4) is 0 Å². The average molecular weight is 332 g/mol. The molecule has 1 aromatic carbocycles. The third kappa shape index (κ3) is 3.22. The van der Waals surface area contributed by atoms with Crippen LogP contribution in [0.1, 0.15) is 18.2 Å². The lowest BCUT2D eigenvalue weighted by Crippen LogP contribution is -2.06. The molecule has 2 heterocycles. The number of hydrogen-bond acceptors (Lipinski definition) is 4. The molecule has 0 bridgehead atoms. The van der Waals surface area contributed by atoms with E-state index >= 15 is 0 Å². The summed E-state index contributed by atoms with van der Waals surface area (Å²) in [5.41, 5.74) is 3.78. The van der Waals surface area contributed by atoms with E-state index in [9.17, 15) is 0 Å². The van der Waals surface area contributed by atoms with Gasteiger partial charge in [-0.3, -0.25) is 4.98 Å². The number of hydrogen-bond donors (Lipinski definition) is 0. The van der Waals surface area contributed by atoms with Gasteiger partial charge in [-0.2, -0.15) is 5.10 Å². The second-order valence-electron chi connectivity index (χ2n) is 5.09. The highest BCUT2D eigenvalue weighted by molar-refractivity contribution is 6.31. The van der Waals surface area contributed by atoms with E-state index in [1.165, 1.54) is 0 Å². The maximum Gasteiger partial charge on any atom is 0.0889 e. The molecule has 0 atom stereocenters. The smallest absolute Gasteiger partial charge is 0.0889 e. The normalized spacial score (nSPS) is 11.3. The largest absolute Gasteiger partial charge is 0.378 e. The fourth-order valence-corrected chi connectivity index (χ4v) is 2.70. The fraction of sp³-hybridized carbons (Fsp3) is 0.294. The number of nitrogens with zero attached hydrogens (tertiary/aromatic N) is 3. The molecule has 3 rings (SSSR count). The Bertz CT molecular complexity index is 817. The van der Waals surface area contributed by atoms with Crippen LogP contribution in [0.5, 0.6) is 0 Å². The van der Waals surface area contributed by atoms with Crippen LogP contribution in [-0.4, -0.2) is 28.5 Å². The molecule has 2 aromatic heterocycles. The van der Waals surface area contributed by atoms with E-state index in [2.05, 4.69) is 10.1 Å². The van der Waals surface area contributed by atoms with Crippen molar-refractivity contribution in [1.29, 1.82) is 0 Å². The van der Waals surface area contributed by atoms with Crippen molar-refractivity contribution in [3.05, 3.63) is 52.9 Å². The number of rotatable bonds is 6. The summed E-state index contributed by atoms with van der Waals surface area (Å²) in [5.74, 6) is 0. The Labute approximate surface area is 139 Å². The Morgan fingerprint density at radius 1 is 1.22 bits per heavy atom. The lowest BCUT2D eigenvalue weighted by molar-refractivity contribution is 0.129. The minimum absolute atomic E-state index is 0.458. The van der Waals surface area contributed by atoms with E-state index in [-0.39, 0.29) is 0 Å². The van der Waals surface area contributed by atoms with Crippen molar-refractivity contribution in [3.63, 3.8) is 0 Å². The fourth-order valence-electron chi connectivity index (χ4n) is 2.53. The van der Waals surface area contributed by atoms with Crippen LogP contribution in [0.15, 0.2) is 36.7 Å². The number of halogens is 1. The van der Waals surface area contributed by atoms with Gasteiger partial charge in [0.2, 0.25) is 0 Å². The van der Waals surface area contributed by atoms with Crippen molar-refractivity contribution >= 4 is 22.5 Å². The zero-order valence-electron chi connectivity index (χ0n) is 13.1. The first-order chi connectivity index (χ1) is 11.2. The van der Waals surface area contributed by atoms with Gasteiger partial charge in [0.25, 0.3) is 0 Å². The first-order valence-corrected chi connectivity index (χ1v) is 7.79. The highest BCUT2D eigenvalue weighted by Crippen LogP contribution is 2.25. The van der Waals surface area contributed by atoms with Gasteiger partial charge in [0.15, 0.2) is 0 Å². The highest BCUT2D eigenvalue weighted by Gasteiger charge is 2.14. The monoisotopic (exact) mass is 331 g/mol. The second-order valence-corrected chi connectivity index (χ2v) is 5.53. The lowest BCUT2D eigenvalue weighted by Gasteiger charge is -2.11. The quantitative estimate of drug-likeness (QED) is 0.690. The molecule has 0 saturated heterocycles. The molecule has 3 aromatic rings. The molecule has 0 saturated carbocycles. The van der Waals surface area contributed by atoms with E-state index in [0.717, 1.165) is 27.8 Å². The highest BCUT2D eigenvalue weighted by atomic mass is 35.5. The Morgan fingerprint density at radius 3 is 2.87 bits per heavy atom. The maximum atomic E-state index is 6.06. The average Bonchev–Trinajstić information content (AvgIpc) is 2.95. The van der Waals surface area contributed by atoms with Gasteiger partial charge >= 0.3 is 0 Å². The van der Waals surface area contributed by atoms with Crippen LogP contribution in [-0.2, 0) is 22.7 Å². The molecule has 0 aliphatic carbocycles. The topological polar surface area (TPSA) is 49.2 Å². The summed E-state index contributed by atoms with van der Waals surface area (Å²) >= 11 is 6.06. The molecule has 5 nitrogen and oxygen atoms in total. The van der Waals surface area contributed by atoms with Gasteiger partial charge in [0, 0.05) is 35.9 Å². The third-order valence-corrected chi connectivity index (χ3v) is 3.84. The summed E-state index contributed by atoms with van der Waals surface area (Å²) in [7, 11) is 1.67. The first-order valence-electron chi connectivity index (χ1n) is 7.41. The van der Waals surface area contributed by atoms with Crippen molar-refractivity contribution in [2.24, 2.45) is 0 Å². The van der Waals surface area contributed by atoms with Gasteiger partial charge in [-0.25, -0.2) is 4.68 Å². The Morgan fingerprint density at radius 2 is 2.09 bits per heavy atom. The van der Waals surface area contributed by atoms with E-state index in [0.29, 0.717) is 24.8 Å². The van der Waals surface area contributed by atoms with Crippen LogP contribution in [0.2, 0.25) is 5.02 Å². The number of fused-ring (bicyclic) bond motifs is 1. The molecule has 23 heavy (non-hydrogen) atoms. The van der Waals surface area contributed by atoms with Gasteiger partial charge in [-0.15, -0.1) is 0 Å². The van der Waals surface area contributed by atoms with Gasteiger partial charge in [0.1, 0.15) is 0 Å². The minimum atomic E-state index is 0.458. The third-order valence-electron chi connectivity index (χ3n) is 3.61. The minimum Gasteiger partial charge on any atom is -0.378 e. The number of pyridine rings is 1. The van der Waals surface area contributed by atoms with Crippen molar-refractivity contribution in [1.82, 2.24) is 14.8 Å².